The normalized spacial score (nSPS) is 26.7. The van der Waals surface area contributed by atoms with Crippen molar-refractivity contribution in [3.05, 3.63) is 29.1 Å². The Kier molecular flexibility index (Phi) is 4.32. The lowest BCUT2D eigenvalue weighted by Crippen LogP contribution is -2.44. The van der Waals surface area contributed by atoms with Crippen molar-refractivity contribution in [1.29, 1.82) is 0 Å². The summed E-state index contributed by atoms with van der Waals surface area (Å²) in [5.74, 6) is 0.505. The predicted octanol–water partition coefficient (Wildman–Crippen LogP) is 3.83. The summed E-state index contributed by atoms with van der Waals surface area (Å²) >= 11 is 0. The maximum atomic E-state index is 6.59. The third-order valence-electron chi connectivity index (χ3n) is 5.37. The van der Waals surface area contributed by atoms with E-state index in [2.05, 4.69) is 24.9 Å². The highest BCUT2D eigenvalue weighted by Gasteiger charge is 2.40. The van der Waals surface area contributed by atoms with E-state index in [-0.39, 0.29) is 11.6 Å². The van der Waals surface area contributed by atoms with Crippen LogP contribution in [0.4, 0.5) is 0 Å². The molecule has 2 fully saturated rings. The first-order valence-electron chi connectivity index (χ1n) is 8.42. The standard InChI is InChI=1S/C18H28N2O/c1-13-10-14(2)17(20-12-13)16(19)15-6-9-21-18(11-15)7-4-3-5-8-18/h10,12,15-16H,3-9,11,19H2,1-2H3. The van der Waals surface area contributed by atoms with Gasteiger partial charge in [0.25, 0.3) is 0 Å². The van der Waals surface area contributed by atoms with Crippen molar-refractivity contribution < 1.29 is 4.74 Å². The number of aromatic nitrogens is 1. The van der Waals surface area contributed by atoms with Crippen LogP contribution in [0.25, 0.3) is 0 Å². The van der Waals surface area contributed by atoms with Crippen LogP contribution >= 0.6 is 0 Å². The average molecular weight is 288 g/mol. The van der Waals surface area contributed by atoms with Crippen molar-refractivity contribution in [2.45, 2.75) is 70.4 Å². The van der Waals surface area contributed by atoms with Crippen molar-refractivity contribution in [3.63, 3.8) is 0 Å². The smallest absolute Gasteiger partial charge is 0.0686 e. The number of pyridine rings is 1. The Hall–Kier alpha value is -0.930. The molecule has 21 heavy (non-hydrogen) atoms. The Morgan fingerprint density at radius 1 is 1.29 bits per heavy atom. The second-order valence-electron chi connectivity index (χ2n) is 7.09. The molecule has 0 aromatic carbocycles. The largest absolute Gasteiger partial charge is 0.375 e. The van der Waals surface area contributed by atoms with Gasteiger partial charge in [-0.25, -0.2) is 0 Å². The van der Waals surface area contributed by atoms with Gasteiger partial charge < -0.3 is 10.5 Å². The third kappa shape index (κ3) is 3.14. The molecule has 2 heterocycles. The van der Waals surface area contributed by atoms with Crippen LogP contribution in [0.3, 0.4) is 0 Å². The number of ether oxygens (including phenoxy) is 1. The van der Waals surface area contributed by atoms with Crippen molar-refractivity contribution >= 4 is 0 Å². The highest BCUT2D eigenvalue weighted by molar-refractivity contribution is 5.26. The van der Waals surface area contributed by atoms with Crippen molar-refractivity contribution in [2.24, 2.45) is 11.7 Å². The lowest BCUT2D eigenvalue weighted by Gasteiger charge is -2.45. The molecule has 1 saturated heterocycles. The van der Waals surface area contributed by atoms with E-state index in [1.165, 1.54) is 43.2 Å². The molecule has 1 aliphatic carbocycles. The zero-order valence-corrected chi connectivity index (χ0v) is 13.4. The maximum absolute atomic E-state index is 6.59. The Labute approximate surface area is 128 Å². The van der Waals surface area contributed by atoms with Crippen LogP contribution in [-0.2, 0) is 4.74 Å². The number of nitrogens with zero attached hydrogens (tertiary/aromatic N) is 1. The van der Waals surface area contributed by atoms with Gasteiger partial charge in [0, 0.05) is 12.8 Å². The van der Waals surface area contributed by atoms with E-state index in [0.29, 0.717) is 5.92 Å². The van der Waals surface area contributed by atoms with E-state index < -0.39 is 0 Å². The zero-order chi connectivity index (χ0) is 14.9. The fourth-order valence-corrected chi connectivity index (χ4v) is 4.21. The summed E-state index contributed by atoms with van der Waals surface area (Å²) in [6, 6.07) is 2.24. The molecular weight excluding hydrogens is 260 g/mol. The second kappa shape index (κ2) is 6.05. The molecule has 0 bridgehead atoms. The first kappa shape index (κ1) is 15.0. The van der Waals surface area contributed by atoms with Gasteiger partial charge in [-0.05, 0) is 56.6 Å². The van der Waals surface area contributed by atoms with E-state index in [1.54, 1.807) is 0 Å². The summed E-state index contributed by atoms with van der Waals surface area (Å²) in [4.78, 5) is 4.62. The van der Waals surface area contributed by atoms with Gasteiger partial charge in [-0.2, -0.15) is 0 Å². The molecule has 3 rings (SSSR count). The summed E-state index contributed by atoms with van der Waals surface area (Å²) in [7, 11) is 0. The van der Waals surface area contributed by atoms with Crippen molar-refractivity contribution in [3.8, 4) is 0 Å². The minimum Gasteiger partial charge on any atom is -0.375 e. The molecule has 1 aromatic rings. The van der Waals surface area contributed by atoms with E-state index in [4.69, 9.17) is 10.5 Å². The van der Waals surface area contributed by atoms with Crippen LogP contribution < -0.4 is 5.73 Å². The van der Waals surface area contributed by atoms with Crippen LogP contribution in [0.2, 0.25) is 0 Å². The maximum Gasteiger partial charge on any atom is 0.0686 e. The molecule has 1 spiro atoms. The molecule has 3 nitrogen and oxygen atoms in total. The molecule has 1 aliphatic heterocycles. The fraction of sp³-hybridized carbons (Fsp3) is 0.722. The Morgan fingerprint density at radius 3 is 2.76 bits per heavy atom. The Bertz CT molecular complexity index is 488. The van der Waals surface area contributed by atoms with Crippen LogP contribution in [0.1, 0.15) is 67.8 Å². The van der Waals surface area contributed by atoms with E-state index in [0.717, 1.165) is 25.1 Å². The summed E-state index contributed by atoms with van der Waals surface area (Å²) in [5, 5.41) is 0. The molecule has 116 valence electrons. The third-order valence-corrected chi connectivity index (χ3v) is 5.37. The molecule has 2 atom stereocenters. The van der Waals surface area contributed by atoms with Crippen molar-refractivity contribution in [2.75, 3.05) is 6.61 Å². The molecule has 1 aromatic heterocycles. The lowest BCUT2D eigenvalue weighted by molar-refractivity contribution is -0.120. The highest BCUT2D eigenvalue weighted by atomic mass is 16.5. The van der Waals surface area contributed by atoms with Gasteiger partial charge in [-0.1, -0.05) is 25.3 Å². The highest BCUT2D eigenvalue weighted by Crippen LogP contribution is 2.43. The molecule has 1 saturated carbocycles. The molecule has 0 radical (unpaired) electrons. The summed E-state index contributed by atoms with van der Waals surface area (Å²) < 4.78 is 6.20. The summed E-state index contributed by atoms with van der Waals surface area (Å²) in [5.41, 5.74) is 10.2. The minimum absolute atomic E-state index is 0.0494. The number of hydrogen-bond donors (Lipinski definition) is 1. The predicted molar refractivity (Wildman–Crippen MR) is 85.1 cm³/mol. The molecule has 2 N–H and O–H groups in total. The SMILES string of the molecule is Cc1cnc(C(N)C2CCOC3(CCCCC3)C2)c(C)c1. The molecular formula is C18H28N2O. The zero-order valence-electron chi connectivity index (χ0n) is 13.4. The minimum atomic E-state index is 0.0494. The molecule has 2 unspecified atom stereocenters. The Morgan fingerprint density at radius 2 is 2.05 bits per heavy atom. The lowest BCUT2D eigenvalue weighted by atomic mass is 9.73. The van der Waals surface area contributed by atoms with Gasteiger partial charge in [-0.3, -0.25) is 4.98 Å². The van der Waals surface area contributed by atoms with Gasteiger partial charge in [0.1, 0.15) is 0 Å². The van der Waals surface area contributed by atoms with Crippen LogP contribution in [-0.4, -0.2) is 17.2 Å². The van der Waals surface area contributed by atoms with Gasteiger partial charge in [-0.15, -0.1) is 0 Å². The average Bonchev–Trinajstić information content (AvgIpc) is 2.47. The number of nitrogens with two attached hydrogens (primary N) is 1. The Balaban J connectivity index is 1.76. The quantitative estimate of drug-likeness (QED) is 0.899. The first-order chi connectivity index (χ1) is 10.1. The van der Waals surface area contributed by atoms with E-state index in [1.807, 2.05) is 6.20 Å². The van der Waals surface area contributed by atoms with Gasteiger partial charge in [0.15, 0.2) is 0 Å². The van der Waals surface area contributed by atoms with E-state index in [9.17, 15) is 0 Å². The van der Waals surface area contributed by atoms with E-state index >= 15 is 0 Å². The van der Waals surface area contributed by atoms with Crippen LogP contribution in [0.15, 0.2) is 12.3 Å². The second-order valence-corrected chi connectivity index (χ2v) is 7.09. The summed E-state index contributed by atoms with van der Waals surface area (Å²) in [6.45, 7) is 5.08. The summed E-state index contributed by atoms with van der Waals surface area (Å²) in [6.07, 6.45) is 10.5. The molecule has 0 amide bonds. The topological polar surface area (TPSA) is 48.1 Å². The van der Waals surface area contributed by atoms with Gasteiger partial charge in [0.2, 0.25) is 0 Å². The molecule has 3 heteroatoms. The van der Waals surface area contributed by atoms with Crippen LogP contribution in [0, 0.1) is 19.8 Å². The van der Waals surface area contributed by atoms with Crippen molar-refractivity contribution in [1.82, 2.24) is 4.98 Å². The van der Waals surface area contributed by atoms with Crippen LogP contribution in [0.5, 0.6) is 0 Å². The number of aryl methyl sites for hydroxylation is 2. The van der Waals surface area contributed by atoms with Gasteiger partial charge in [0.05, 0.1) is 17.3 Å². The number of rotatable bonds is 2. The monoisotopic (exact) mass is 288 g/mol. The number of hydrogen-bond acceptors (Lipinski definition) is 3. The first-order valence-corrected chi connectivity index (χ1v) is 8.42. The molecule has 2 aliphatic rings. The fourth-order valence-electron chi connectivity index (χ4n) is 4.21. The van der Waals surface area contributed by atoms with Gasteiger partial charge >= 0.3 is 0 Å².